The van der Waals surface area contributed by atoms with Crippen LogP contribution in [0.15, 0.2) is 55.0 Å². The zero-order chi connectivity index (χ0) is 30.7. The zero-order valence-corrected chi connectivity index (χ0v) is 23.0. The topological polar surface area (TPSA) is 88.5 Å². The molecule has 0 aliphatic carbocycles. The molecule has 0 radical (unpaired) electrons. The Labute approximate surface area is 240 Å². The van der Waals surface area contributed by atoms with E-state index in [1.165, 1.54) is 10.7 Å². The Morgan fingerprint density at radius 3 is 2.59 bits per heavy atom. The van der Waals surface area contributed by atoms with Gasteiger partial charge in [0.1, 0.15) is 5.82 Å². The number of rotatable bonds is 5. The summed E-state index contributed by atoms with van der Waals surface area (Å²) in [6.07, 6.45) is 6.73. The fourth-order valence-electron chi connectivity index (χ4n) is 6.33. The molecule has 1 aliphatic heterocycles. The summed E-state index contributed by atoms with van der Waals surface area (Å²) in [4.78, 5) is 9.55. The molecule has 0 spiro atoms. The highest BCUT2D eigenvalue weighted by atomic mass is 19.1. The predicted octanol–water partition coefficient (Wildman–Crippen LogP) is 5.55. The van der Waals surface area contributed by atoms with Crippen molar-refractivity contribution in [1.29, 1.82) is 0 Å². The molecule has 6 aromatic rings. The summed E-state index contributed by atoms with van der Waals surface area (Å²) in [6, 6.07) is 10.4. The van der Waals surface area contributed by atoms with Crippen molar-refractivity contribution in [2.45, 2.75) is 32.7 Å². The number of benzene rings is 1. The first-order chi connectivity index (χ1) is 21.1. The van der Waals surface area contributed by atoms with Gasteiger partial charge in [-0.05, 0) is 68.4 Å². The first-order valence-corrected chi connectivity index (χ1v) is 13.6. The number of nitrogens with zero attached hydrogens (tertiary/aromatic N) is 8. The first kappa shape index (κ1) is 22.3. The van der Waals surface area contributed by atoms with Gasteiger partial charge in [-0.1, -0.05) is 11.3 Å². The molecule has 1 unspecified atom stereocenters. The van der Waals surface area contributed by atoms with E-state index in [4.69, 9.17) is 13.8 Å². The molecule has 0 amide bonds. The van der Waals surface area contributed by atoms with Gasteiger partial charge in [0.15, 0.2) is 0 Å². The van der Waals surface area contributed by atoms with E-state index >= 15 is 4.39 Å². The summed E-state index contributed by atoms with van der Waals surface area (Å²) in [5.41, 5.74) is 6.48. The summed E-state index contributed by atoms with van der Waals surface area (Å²) in [7, 11) is 3.57. The molecule has 0 bridgehead atoms. The van der Waals surface area contributed by atoms with Gasteiger partial charge in [-0.2, -0.15) is 5.10 Å². The van der Waals surface area contributed by atoms with Crippen molar-refractivity contribution in [2.24, 2.45) is 20.0 Å². The SMILES string of the molecule is [2H]C([2H])([2H])c1nnn(C)c1-c1ccc2c3ncc(-c4c(C)cnn4C)cc3n(C(c3ncccc3F)C3CCOCC3)c2c1. The second-order valence-electron chi connectivity index (χ2n) is 10.7. The molecule has 0 saturated carbocycles. The van der Waals surface area contributed by atoms with Gasteiger partial charge in [-0.3, -0.25) is 14.6 Å². The Morgan fingerprint density at radius 2 is 1.83 bits per heavy atom. The zero-order valence-electron chi connectivity index (χ0n) is 26.0. The summed E-state index contributed by atoms with van der Waals surface area (Å²) < 4.78 is 51.1. The van der Waals surface area contributed by atoms with Crippen LogP contribution in [0, 0.1) is 25.5 Å². The molecule has 1 aromatic carbocycles. The maximum Gasteiger partial charge on any atom is 0.146 e. The third-order valence-electron chi connectivity index (χ3n) is 8.19. The minimum atomic E-state index is -2.45. The van der Waals surface area contributed by atoms with Crippen LogP contribution in [0.3, 0.4) is 0 Å². The number of hydrogen-bond donors (Lipinski definition) is 0. The quantitative estimate of drug-likeness (QED) is 0.278. The van der Waals surface area contributed by atoms with Crippen molar-refractivity contribution in [3.63, 3.8) is 0 Å². The van der Waals surface area contributed by atoms with Crippen LogP contribution in [0.4, 0.5) is 4.39 Å². The molecule has 1 saturated heterocycles. The average molecular weight is 554 g/mol. The van der Waals surface area contributed by atoms with Gasteiger partial charge in [-0.25, -0.2) is 9.07 Å². The number of fused-ring (bicyclic) bond motifs is 3. The second-order valence-corrected chi connectivity index (χ2v) is 10.7. The van der Waals surface area contributed by atoms with Crippen LogP contribution < -0.4 is 0 Å². The number of hydrogen-bond acceptors (Lipinski definition) is 6. The normalized spacial score (nSPS) is 16.6. The minimum Gasteiger partial charge on any atom is -0.381 e. The molecule has 9 nitrogen and oxygen atoms in total. The smallest absolute Gasteiger partial charge is 0.146 e. The predicted molar refractivity (Wildman–Crippen MR) is 155 cm³/mol. The number of halogens is 1. The third-order valence-corrected chi connectivity index (χ3v) is 8.19. The van der Waals surface area contributed by atoms with Gasteiger partial charge in [0, 0.05) is 60.3 Å². The maximum atomic E-state index is 15.7. The monoisotopic (exact) mass is 553 g/mol. The van der Waals surface area contributed by atoms with Gasteiger partial charge >= 0.3 is 0 Å². The summed E-state index contributed by atoms with van der Waals surface area (Å²) in [5.74, 6) is -0.365. The Hall–Kier alpha value is -4.44. The van der Waals surface area contributed by atoms with E-state index in [-0.39, 0.29) is 17.4 Å². The number of aromatic nitrogens is 8. The Bertz CT molecular complexity index is 2000. The molecule has 1 aliphatic rings. The lowest BCUT2D eigenvalue weighted by molar-refractivity contribution is 0.0543. The van der Waals surface area contributed by atoms with E-state index in [1.54, 1.807) is 19.3 Å². The summed E-state index contributed by atoms with van der Waals surface area (Å²) in [6.45, 7) is 0.688. The van der Waals surface area contributed by atoms with Crippen molar-refractivity contribution < 1.29 is 13.2 Å². The number of pyridine rings is 2. The molecule has 208 valence electrons. The van der Waals surface area contributed by atoms with E-state index < -0.39 is 12.9 Å². The van der Waals surface area contributed by atoms with Crippen LogP contribution in [0.2, 0.25) is 0 Å². The average Bonchev–Trinajstić information content (AvgIpc) is 3.66. The van der Waals surface area contributed by atoms with Crippen molar-refractivity contribution >= 4 is 21.9 Å². The van der Waals surface area contributed by atoms with Gasteiger partial charge in [-0.15, -0.1) is 5.10 Å². The summed E-state index contributed by atoms with van der Waals surface area (Å²) in [5, 5.41) is 13.3. The molecular weight excluding hydrogens is 519 g/mol. The molecule has 1 fully saturated rings. The molecule has 41 heavy (non-hydrogen) atoms. The number of ether oxygens (including phenoxy) is 1. The standard InChI is InChI=1S/C31H31FN8O/c1-18-16-35-38(3)29(18)22-15-26-27(34-17-22)23-8-7-21(30-19(2)36-37-39(30)4)14-25(23)40(26)31(20-9-12-41-13-10-20)28-24(32)6-5-11-33-28/h5-8,11,14-17,20,31H,9-10,12-13H2,1-4H3/i2D3. The Balaban J connectivity index is 1.57. The minimum absolute atomic E-state index is 0.0222. The van der Waals surface area contributed by atoms with Crippen LogP contribution in [-0.4, -0.2) is 52.5 Å². The Kier molecular flexibility index (Phi) is 5.37. The highest BCUT2D eigenvalue weighted by Gasteiger charge is 2.33. The van der Waals surface area contributed by atoms with E-state index in [0.29, 0.717) is 30.2 Å². The largest absolute Gasteiger partial charge is 0.381 e. The number of aryl methyl sites for hydroxylation is 4. The van der Waals surface area contributed by atoms with Crippen LogP contribution in [0.1, 0.15) is 39.9 Å². The van der Waals surface area contributed by atoms with Crippen LogP contribution in [-0.2, 0) is 18.8 Å². The van der Waals surface area contributed by atoms with Gasteiger partial charge in [0.2, 0.25) is 0 Å². The van der Waals surface area contributed by atoms with Crippen LogP contribution >= 0.6 is 0 Å². The van der Waals surface area contributed by atoms with Crippen molar-refractivity contribution in [3.05, 3.63) is 77.8 Å². The van der Waals surface area contributed by atoms with Crippen LogP contribution in [0.5, 0.6) is 0 Å². The molecular formula is C31H31FN8O. The van der Waals surface area contributed by atoms with Gasteiger partial charge in [0.25, 0.3) is 0 Å². The Morgan fingerprint density at radius 1 is 1.00 bits per heavy atom. The van der Waals surface area contributed by atoms with E-state index in [0.717, 1.165) is 51.6 Å². The molecule has 1 atom stereocenters. The van der Waals surface area contributed by atoms with E-state index in [9.17, 15) is 0 Å². The van der Waals surface area contributed by atoms with Gasteiger partial charge < -0.3 is 9.30 Å². The van der Waals surface area contributed by atoms with Crippen molar-refractivity contribution in [3.8, 4) is 22.5 Å². The highest BCUT2D eigenvalue weighted by Crippen LogP contribution is 2.42. The lowest BCUT2D eigenvalue weighted by Gasteiger charge is -2.32. The molecule has 7 rings (SSSR count). The van der Waals surface area contributed by atoms with Crippen molar-refractivity contribution in [2.75, 3.05) is 13.2 Å². The fraction of sp³-hybridized carbons (Fsp3) is 0.323. The van der Waals surface area contributed by atoms with Crippen molar-refractivity contribution in [1.82, 2.24) is 39.3 Å². The van der Waals surface area contributed by atoms with E-state index in [1.807, 2.05) is 49.2 Å². The third kappa shape index (κ3) is 4.12. The molecule has 6 heterocycles. The van der Waals surface area contributed by atoms with Crippen LogP contribution in [0.25, 0.3) is 44.5 Å². The van der Waals surface area contributed by atoms with E-state index in [2.05, 4.69) is 31.0 Å². The maximum absolute atomic E-state index is 15.7. The molecule has 10 heteroatoms. The first-order valence-electron chi connectivity index (χ1n) is 15.1. The molecule has 5 aromatic heterocycles. The lowest BCUT2D eigenvalue weighted by Crippen LogP contribution is -2.28. The van der Waals surface area contributed by atoms with Gasteiger partial charge in [0.05, 0.1) is 51.6 Å². The highest BCUT2D eigenvalue weighted by molar-refractivity contribution is 6.07. The second kappa shape index (κ2) is 9.88. The lowest BCUT2D eigenvalue weighted by atomic mass is 9.88. The fourth-order valence-corrected chi connectivity index (χ4v) is 6.33. The summed E-state index contributed by atoms with van der Waals surface area (Å²) >= 11 is 0. The molecule has 0 N–H and O–H groups in total.